The summed E-state index contributed by atoms with van der Waals surface area (Å²) in [5.41, 5.74) is 2.87. The first-order chi connectivity index (χ1) is 13.9. The summed E-state index contributed by atoms with van der Waals surface area (Å²) >= 11 is 5.80. The average Bonchev–Trinajstić information content (AvgIpc) is 2.71. The number of fused-ring (bicyclic) bond motifs is 1. The molecule has 3 atom stereocenters. The number of aliphatic hydroxyl groups excluding tert-OH is 1. The average molecular weight is 414 g/mol. The fourth-order valence-electron chi connectivity index (χ4n) is 3.57. The molecule has 5 nitrogen and oxygen atoms in total. The van der Waals surface area contributed by atoms with Crippen LogP contribution < -0.4 is 10.6 Å². The van der Waals surface area contributed by atoms with Crippen LogP contribution in [-0.2, 0) is 4.79 Å². The predicted octanol–water partition coefficient (Wildman–Crippen LogP) is 4.61. The smallest absolute Gasteiger partial charge is 0.228 e. The molecule has 150 valence electrons. The number of nitrogens with one attached hydrogen (secondary N) is 2. The van der Waals surface area contributed by atoms with Crippen LogP contribution in [0.25, 0.3) is 5.57 Å². The first kappa shape index (κ1) is 20.8. The minimum atomic E-state index is -0.810. The number of aliphatic hydroxyl groups is 1. The summed E-state index contributed by atoms with van der Waals surface area (Å²) in [5, 5.41) is 24.8. The molecule has 3 rings (SSSR count). The lowest BCUT2D eigenvalue weighted by Gasteiger charge is -2.30. The van der Waals surface area contributed by atoms with Gasteiger partial charge in [0.1, 0.15) is 5.82 Å². The Labute approximate surface area is 173 Å². The van der Waals surface area contributed by atoms with Crippen LogP contribution in [0.3, 0.4) is 0 Å². The molecule has 0 radical (unpaired) electrons. The molecule has 0 spiro atoms. The summed E-state index contributed by atoms with van der Waals surface area (Å²) in [5.74, 6) is -1.58. The minimum absolute atomic E-state index is 0.0773. The second kappa shape index (κ2) is 9.08. The Morgan fingerprint density at radius 3 is 2.86 bits per heavy atom. The van der Waals surface area contributed by atoms with Gasteiger partial charge in [-0.05, 0) is 41.7 Å². The van der Waals surface area contributed by atoms with Crippen LogP contribution in [0.15, 0.2) is 48.7 Å². The number of nitrogens with zero attached hydrogens (tertiary/aromatic N) is 1. The Morgan fingerprint density at radius 1 is 1.38 bits per heavy atom. The highest BCUT2D eigenvalue weighted by Crippen LogP contribution is 2.37. The summed E-state index contributed by atoms with van der Waals surface area (Å²) in [6.07, 6.45) is 1.49. The number of halogens is 2. The van der Waals surface area contributed by atoms with Crippen molar-refractivity contribution in [3.05, 3.63) is 70.6 Å². The lowest BCUT2D eigenvalue weighted by molar-refractivity contribution is -0.120. The normalized spacial score (nSPS) is 17.2. The van der Waals surface area contributed by atoms with E-state index in [9.17, 15) is 14.3 Å². The minimum Gasteiger partial charge on any atom is -0.369 e. The van der Waals surface area contributed by atoms with Crippen LogP contribution in [0.4, 0.5) is 10.1 Å². The Bertz CT molecular complexity index is 986. The number of rotatable bonds is 6. The molecule has 0 bridgehead atoms. The third-order valence-electron chi connectivity index (χ3n) is 5.15. The van der Waals surface area contributed by atoms with E-state index in [0.717, 1.165) is 16.7 Å². The molecule has 0 fully saturated rings. The highest BCUT2D eigenvalue weighted by Gasteiger charge is 2.31. The first-order valence-electron chi connectivity index (χ1n) is 9.28. The zero-order valence-electron chi connectivity index (χ0n) is 15.8. The quantitative estimate of drug-likeness (QED) is 0.645. The summed E-state index contributed by atoms with van der Waals surface area (Å²) < 4.78 is 13.4. The van der Waals surface area contributed by atoms with Crippen LogP contribution in [0.2, 0.25) is 5.02 Å². The summed E-state index contributed by atoms with van der Waals surface area (Å²) in [7, 11) is 0. The van der Waals surface area contributed by atoms with Crippen LogP contribution in [0.1, 0.15) is 37.1 Å². The van der Waals surface area contributed by atoms with Gasteiger partial charge in [0.2, 0.25) is 5.91 Å². The Balaban J connectivity index is 1.87. The number of carbonyl (C=O) groups excluding carboxylic acids is 1. The molecular weight excluding hydrogens is 393 g/mol. The largest absolute Gasteiger partial charge is 0.369 e. The molecule has 0 aliphatic carbocycles. The Kier molecular flexibility index (Phi) is 6.53. The number of hydrogen-bond acceptors (Lipinski definition) is 4. The molecule has 0 aromatic heterocycles. The van der Waals surface area contributed by atoms with E-state index in [-0.39, 0.29) is 23.3 Å². The van der Waals surface area contributed by atoms with Gasteiger partial charge in [-0.2, -0.15) is 5.26 Å². The molecule has 1 amide bonds. The van der Waals surface area contributed by atoms with Crippen molar-refractivity contribution in [1.29, 1.82) is 5.26 Å². The molecule has 2 aromatic rings. The zero-order valence-corrected chi connectivity index (χ0v) is 16.6. The summed E-state index contributed by atoms with van der Waals surface area (Å²) in [4.78, 5) is 13.0. The fourth-order valence-corrected chi connectivity index (χ4v) is 3.75. The van der Waals surface area contributed by atoms with Crippen LogP contribution in [-0.4, -0.2) is 11.0 Å². The van der Waals surface area contributed by atoms with Crippen molar-refractivity contribution in [2.45, 2.75) is 26.0 Å². The Morgan fingerprint density at radius 2 is 2.14 bits per heavy atom. The maximum atomic E-state index is 13.4. The first-order valence-corrected chi connectivity index (χ1v) is 9.66. The maximum absolute atomic E-state index is 13.4. The van der Waals surface area contributed by atoms with Crippen molar-refractivity contribution in [3.63, 3.8) is 0 Å². The van der Waals surface area contributed by atoms with E-state index in [1.807, 2.05) is 31.2 Å². The van der Waals surface area contributed by atoms with Gasteiger partial charge in [-0.15, -0.1) is 0 Å². The number of carbonyl (C=O) groups is 1. The number of benzene rings is 2. The second-order valence-electron chi connectivity index (χ2n) is 6.97. The standard InChI is InChI=1S/C22H21ClFN3O2/c1-13(18-12-26-21(28)17-6-3-2-5-16(17)18)15(7-4-10-25)22(29)27-14-8-9-20(24)19(23)11-14/h2-3,5-6,8-9,11-13,15,21,26,28H,4,7H2,1H3,(H,27,29). The van der Waals surface area contributed by atoms with Crippen LogP contribution >= 0.6 is 11.6 Å². The topological polar surface area (TPSA) is 85.2 Å². The van der Waals surface area contributed by atoms with Gasteiger partial charge >= 0.3 is 0 Å². The van der Waals surface area contributed by atoms with Gasteiger partial charge < -0.3 is 15.7 Å². The SMILES string of the molecule is CC(C1=CNC(O)c2ccccc21)C(CCC#N)C(=O)Nc1ccc(F)c(Cl)c1. The lowest BCUT2D eigenvalue weighted by atomic mass is 9.79. The lowest BCUT2D eigenvalue weighted by Crippen LogP contribution is -2.31. The van der Waals surface area contributed by atoms with E-state index in [4.69, 9.17) is 16.9 Å². The van der Waals surface area contributed by atoms with Crippen LogP contribution in [0.5, 0.6) is 0 Å². The number of anilines is 1. The summed E-state index contributed by atoms with van der Waals surface area (Å²) in [6, 6.07) is 13.5. The zero-order chi connectivity index (χ0) is 21.0. The van der Waals surface area contributed by atoms with Crippen molar-refractivity contribution in [2.75, 3.05) is 5.32 Å². The highest BCUT2D eigenvalue weighted by molar-refractivity contribution is 6.31. The molecule has 1 heterocycles. The van der Waals surface area contributed by atoms with E-state index in [2.05, 4.69) is 16.7 Å². The fraction of sp³-hybridized carbons (Fsp3) is 0.273. The molecule has 1 aliphatic rings. The molecule has 2 aromatic carbocycles. The molecule has 0 saturated carbocycles. The van der Waals surface area contributed by atoms with Gasteiger partial charge in [-0.3, -0.25) is 4.79 Å². The number of nitriles is 1. The number of amides is 1. The van der Waals surface area contributed by atoms with E-state index >= 15 is 0 Å². The van der Waals surface area contributed by atoms with E-state index < -0.39 is 18.0 Å². The van der Waals surface area contributed by atoms with E-state index in [0.29, 0.717) is 12.1 Å². The van der Waals surface area contributed by atoms with Crippen LogP contribution in [0, 0.1) is 29.0 Å². The van der Waals surface area contributed by atoms with Crippen molar-refractivity contribution < 1.29 is 14.3 Å². The Hall–Kier alpha value is -2.88. The van der Waals surface area contributed by atoms with E-state index in [1.165, 1.54) is 18.2 Å². The molecular formula is C22H21ClFN3O2. The van der Waals surface area contributed by atoms with Crippen molar-refractivity contribution in [3.8, 4) is 6.07 Å². The molecule has 3 unspecified atom stereocenters. The third-order valence-corrected chi connectivity index (χ3v) is 5.44. The van der Waals surface area contributed by atoms with Crippen molar-refractivity contribution in [1.82, 2.24) is 5.32 Å². The number of allylic oxidation sites excluding steroid dienone is 1. The van der Waals surface area contributed by atoms with Gasteiger partial charge in [-0.1, -0.05) is 42.8 Å². The summed E-state index contributed by atoms with van der Waals surface area (Å²) in [6.45, 7) is 1.92. The highest BCUT2D eigenvalue weighted by atomic mass is 35.5. The van der Waals surface area contributed by atoms with Gasteiger partial charge in [0.15, 0.2) is 6.23 Å². The third kappa shape index (κ3) is 4.58. The van der Waals surface area contributed by atoms with Crippen molar-refractivity contribution in [2.24, 2.45) is 11.8 Å². The number of hydrogen-bond donors (Lipinski definition) is 3. The van der Waals surface area contributed by atoms with Crippen molar-refractivity contribution >= 4 is 28.8 Å². The second-order valence-corrected chi connectivity index (χ2v) is 7.37. The van der Waals surface area contributed by atoms with E-state index in [1.54, 1.807) is 6.20 Å². The molecule has 29 heavy (non-hydrogen) atoms. The van der Waals surface area contributed by atoms with Gasteiger partial charge in [0, 0.05) is 29.8 Å². The van der Waals surface area contributed by atoms with Gasteiger partial charge in [0.05, 0.1) is 11.1 Å². The molecule has 7 heteroatoms. The maximum Gasteiger partial charge on any atom is 0.228 e. The molecule has 3 N–H and O–H groups in total. The molecule has 0 saturated heterocycles. The van der Waals surface area contributed by atoms with Gasteiger partial charge in [-0.25, -0.2) is 4.39 Å². The monoisotopic (exact) mass is 413 g/mol. The predicted molar refractivity (Wildman–Crippen MR) is 110 cm³/mol. The van der Waals surface area contributed by atoms with Gasteiger partial charge in [0.25, 0.3) is 0 Å². The molecule has 1 aliphatic heterocycles.